The number of hydrogen-bond acceptors (Lipinski definition) is 8. The summed E-state index contributed by atoms with van der Waals surface area (Å²) in [5.41, 5.74) is 1.64. The summed E-state index contributed by atoms with van der Waals surface area (Å²) >= 11 is 0. The Balaban J connectivity index is 0.000000212. The summed E-state index contributed by atoms with van der Waals surface area (Å²) in [6, 6.07) is 11.0. The van der Waals surface area contributed by atoms with Crippen LogP contribution < -0.4 is 0 Å². The second-order valence-electron chi connectivity index (χ2n) is 11.8. The minimum Gasteiger partial charge on any atom is -0.445 e. The van der Waals surface area contributed by atoms with E-state index in [-0.39, 0.29) is 38.4 Å². The maximum atomic E-state index is 14.0. The van der Waals surface area contributed by atoms with Gasteiger partial charge in [0.25, 0.3) is 17.8 Å². The highest BCUT2D eigenvalue weighted by atomic mass is 19.3. The van der Waals surface area contributed by atoms with Crippen LogP contribution >= 0.6 is 0 Å². The first-order valence-electron chi connectivity index (χ1n) is 14.8. The number of aliphatic hydroxyl groups is 2. The maximum absolute atomic E-state index is 14.0. The third-order valence-electron chi connectivity index (χ3n) is 8.08. The monoisotopic (exact) mass is 650 g/mol. The molecule has 2 aliphatic heterocycles. The van der Waals surface area contributed by atoms with Crippen molar-refractivity contribution in [2.24, 2.45) is 11.8 Å². The molecule has 4 atom stereocenters. The number of carbonyl (C=O) groups excluding carboxylic acids is 2. The third kappa shape index (κ3) is 8.37. The molecule has 15 heteroatoms. The Hall–Kier alpha value is -4.11. The van der Waals surface area contributed by atoms with Gasteiger partial charge in [-0.05, 0) is 36.5 Å². The molecule has 2 amide bonds. The number of nitrogens with zero attached hydrogens (tertiary/aromatic N) is 6. The fourth-order valence-corrected chi connectivity index (χ4v) is 5.82. The molecule has 0 radical (unpaired) electrons. The van der Waals surface area contributed by atoms with Gasteiger partial charge in [0.15, 0.2) is 5.69 Å². The van der Waals surface area contributed by atoms with E-state index in [4.69, 9.17) is 4.74 Å². The molecule has 0 saturated carbocycles. The van der Waals surface area contributed by atoms with Gasteiger partial charge in [0.1, 0.15) is 12.3 Å². The van der Waals surface area contributed by atoms with Gasteiger partial charge in [0.2, 0.25) is 0 Å². The van der Waals surface area contributed by atoms with Crippen LogP contribution in [0.25, 0.3) is 5.69 Å². The first kappa shape index (κ1) is 34.8. The Labute approximate surface area is 263 Å². The van der Waals surface area contributed by atoms with Crippen molar-refractivity contribution < 1.29 is 42.1 Å². The molecule has 0 aliphatic carbocycles. The van der Waals surface area contributed by atoms with Gasteiger partial charge in [-0.25, -0.2) is 27.3 Å². The molecule has 11 nitrogen and oxygen atoms in total. The van der Waals surface area contributed by atoms with Crippen LogP contribution in [0, 0.1) is 18.8 Å². The third-order valence-corrected chi connectivity index (χ3v) is 8.08. The topological polar surface area (TPSA) is 134 Å². The number of ether oxygens (including phenoxy) is 1. The van der Waals surface area contributed by atoms with Gasteiger partial charge in [-0.15, -0.1) is 4.80 Å². The number of aryl methyl sites for hydroxylation is 1. The Morgan fingerprint density at radius 2 is 1.41 bits per heavy atom. The summed E-state index contributed by atoms with van der Waals surface area (Å²) in [5.74, 6) is -7.64. The van der Waals surface area contributed by atoms with E-state index in [0.717, 1.165) is 15.4 Å². The molecule has 46 heavy (non-hydrogen) atoms. The lowest BCUT2D eigenvalue weighted by atomic mass is 9.88. The minimum atomic E-state index is -3.01. The molecule has 2 saturated heterocycles. The second kappa shape index (κ2) is 14.5. The van der Waals surface area contributed by atoms with Crippen LogP contribution in [0.4, 0.5) is 22.4 Å². The first-order valence-corrected chi connectivity index (χ1v) is 14.8. The van der Waals surface area contributed by atoms with E-state index in [2.05, 4.69) is 15.2 Å². The van der Waals surface area contributed by atoms with Crippen LogP contribution in [0.15, 0.2) is 54.9 Å². The van der Waals surface area contributed by atoms with E-state index < -0.39 is 60.9 Å². The van der Waals surface area contributed by atoms with Crippen LogP contribution in [0.3, 0.4) is 0 Å². The van der Waals surface area contributed by atoms with Crippen LogP contribution in [0.2, 0.25) is 0 Å². The Morgan fingerprint density at radius 3 is 1.98 bits per heavy atom. The minimum absolute atomic E-state index is 0.0143. The smallest absolute Gasteiger partial charge is 0.410 e. The molecule has 0 unspecified atom stereocenters. The molecule has 2 fully saturated rings. The molecular weight excluding hydrogens is 612 g/mol. The molecule has 5 rings (SSSR count). The predicted molar refractivity (Wildman–Crippen MR) is 157 cm³/mol. The highest BCUT2D eigenvalue weighted by Crippen LogP contribution is 2.36. The van der Waals surface area contributed by atoms with Crippen LogP contribution in [-0.2, 0) is 11.3 Å². The number of aliphatic hydroxyl groups excluding tert-OH is 2. The summed E-state index contributed by atoms with van der Waals surface area (Å²) in [7, 11) is 0. The van der Waals surface area contributed by atoms with Crippen LogP contribution in [0.5, 0.6) is 0 Å². The van der Waals surface area contributed by atoms with Gasteiger partial charge in [-0.1, -0.05) is 44.2 Å². The van der Waals surface area contributed by atoms with Gasteiger partial charge in [0.05, 0.1) is 50.8 Å². The van der Waals surface area contributed by atoms with E-state index in [1.165, 1.54) is 17.2 Å². The predicted octanol–water partition coefficient (Wildman–Crippen LogP) is 4.11. The number of carbonyl (C=O) groups is 2. The van der Waals surface area contributed by atoms with Gasteiger partial charge in [0, 0.05) is 18.5 Å². The molecule has 2 aliphatic rings. The summed E-state index contributed by atoms with van der Waals surface area (Å²) in [4.78, 5) is 32.5. The fraction of sp³-hybridized carbons (Fsp3) is 0.516. The SMILES string of the molecule is C[C@@H]1CC(F)(F)CN(C(=O)OCc2ccccc2)[C@@H]1CO.Cc1ccc(-n2nccn2)c(C(=O)N2CC(F)(F)C[C@@H](C)[C@H]2CO)n1. The van der Waals surface area contributed by atoms with Crippen molar-refractivity contribution in [2.75, 3.05) is 26.3 Å². The van der Waals surface area contributed by atoms with Gasteiger partial charge in [-0.2, -0.15) is 10.2 Å². The van der Waals surface area contributed by atoms with E-state index in [9.17, 15) is 37.4 Å². The number of benzene rings is 1. The number of aromatic nitrogens is 4. The van der Waals surface area contributed by atoms with Gasteiger partial charge >= 0.3 is 6.09 Å². The molecular formula is C31H38F4N6O5. The van der Waals surface area contributed by atoms with Crippen molar-refractivity contribution in [1.29, 1.82) is 0 Å². The summed E-state index contributed by atoms with van der Waals surface area (Å²) in [6.07, 6.45) is 1.38. The summed E-state index contributed by atoms with van der Waals surface area (Å²) in [5, 5.41) is 26.9. The molecule has 1 aromatic carbocycles. The van der Waals surface area contributed by atoms with Crippen molar-refractivity contribution in [1.82, 2.24) is 29.8 Å². The number of halogens is 4. The average molecular weight is 651 g/mol. The highest BCUT2D eigenvalue weighted by Gasteiger charge is 2.47. The summed E-state index contributed by atoms with van der Waals surface area (Å²) in [6.45, 7) is 2.74. The molecule has 2 N–H and O–H groups in total. The quantitative estimate of drug-likeness (QED) is 0.381. The average Bonchev–Trinajstić information content (AvgIpc) is 3.54. The lowest BCUT2D eigenvalue weighted by Crippen LogP contribution is -2.56. The Bertz CT molecular complexity index is 1460. The largest absolute Gasteiger partial charge is 0.445 e. The number of hydrogen-bond donors (Lipinski definition) is 2. The Kier molecular flexibility index (Phi) is 11.0. The molecule has 250 valence electrons. The lowest BCUT2D eigenvalue weighted by Gasteiger charge is -2.42. The Morgan fingerprint density at radius 1 is 0.870 bits per heavy atom. The zero-order valence-corrected chi connectivity index (χ0v) is 25.8. The van der Waals surface area contributed by atoms with Gasteiger partial charge < -0.3 is 19.8 Å². The van der Waals surface area contributed by atoms with Crippen molar-refractivity contribution in [2.45, 2.75) is 64.1 Å². The fourth-order valence-electron chi connectivity index (χ4n) is 5.82. The number of alkyl halides is 4. The number of amides is 2. The van der Waals surface area contributed by atoms with Crippen molar-refractivity contribution in [3.8, 4) is 5.69 Å². The molecule has 0 bridgehead atoms. The molecule has 0 spiro atoms. The normalized spacial score (nSPS) is 23.7. The van der Waals surface area contributed by atoms with Crippen molar-refractivity contribution in [3.63, 3.8) is 0 Å². The molecule has 4 heterocycles. The van der Waals surface area contributed by atoms with E-state index in [1.54, 1.807) is 57.2 Å². The van der Waals surface area contributed by atoms with Crippen molar-refractivity contribution >= 4 is 12.0 Å². The van der Waals surface area contributed by atoms with E-state index in [1.807, 2.05) is 6.07 Å². The lowest BCUT2D eigenvalue weighted by molar-refractivity contribution is -0.105. The number of pyridine rings is 1. The van der Waals surface area contributed by atoms with Crippen LogP contribution in [-0.4, -0.2) is 102 Å². The zero-order chi connectivity index (χ0) is 33.6. The second-order valence-corrected chi connectivity index (χ2v) is 11.8. The highest BCUT2D eigenvalue weighted by molar-refractivity contribution is 5.96. The number of rotatable bonds is 6. The molecule has 2 aromatic heterocycles. The van der Waals surface area contributed by atoms with Crippen molar-refractivity contribution in [3.05, 3.63) is 71.8 Å². The van der Waals surface area contributed by atoms with Crippen LogP contribution in [0.1, 0.15) is 48.4 Å². The number of likely N-dealkylation sites (tertiary alicyclic amines) is 2. The number of piperidine rings is 2. The molecule has 3 aromatic rings. The van der Waals surface area contributed by atoms with E-state index in [0.29, 0.717) is 11.4 Å². The standard InChI is InChI=1S/C16H19F2N5O2.C15H19F2NO3/c1-10-7-16(17,18)9-22(13(10)8-24)15(25)14-12(4-3-11(2)21-14)23-19-5-6-20-23;1-11-7-15(16,17)10-18(13(11)8-19)14(20)21-9-12-5-3-2-4-6-12/h3-6,10,13,24H,7-9H2,1-2H3;2-6,11,13,19H,7-10H2,1H3/t10-,13-;11-,13-/m11/s1. The summed E-state index contributed by atoms with van der Waals surface area (Å²) < 4.78 is 60.3. The zero-order valence-electron chi connectivity index (χ0n) is 25.8. The maximum Gasteiger partial charge on any atom is 0.410 e. The van der Waals surface area contributed by atoms with E-state index >= 15 is 0 Å². The first-order chi connectivity index (χ1) is 21.7. The van der Waals surface area contributed by atoms with Gasteiger partial charge in [-0.3, -0.25) is 9.69 Å².